The van der Waals surface area contributed by atoms with Crippen molar-refractivity contribution in [3.8, 4) is 5.75 Å². The summed E-state index contributed by atoms with van der Waals surface area (Å²) in [5, 5.41) is 4.56. The number of nitrogens with one attached hydrogen (secondary N) is 1. The highest BCUT2D eigenvalue weighted by molar-refractivity contribution is 5.84. The van der Waals surface area contributed by atoms with Gasteiger partial charge in [0.15, 0.2) is 0 Å². The number of rotatable bonds is 9. The van der Waals surface area contributed by atoms with Crippen LogP contribution in [0.3, 0.4) is 0 Å². The van der Waals surface area contributed by atoms with Gasteiger partial charge in [0.25, 0.3) is 0 Å². The minimum atomic E-state index is 0.730. The van der Waals surface area contributed by atoms with Gasteiger partial charge in [0.1, 0.15) is 5.75 Å². The Morgan fingerprint density at radius 3 is 2.86 bits per heavy atom. The Bertz CT molecular complexity index is 534. The third kappa shape index (κ3) is 5.35. The first kappa shape index (κ1) is 15.8. The fourth-order valence-corrected chi connectivity index (χ4v) is 2.30. The van der Waals surface area contributed by atoms with Gasteiger partial charge in [-0.1, -0.05) is 19.9 Å². The van der Waals surface area contributed by atoms with Crippen LogP contribution in [0, 0.1) is 5.92 Å². The number of hydrogen-bond acceptors (Lipinski definition) is 3. The van der Waals surface area contributed by atoms with Crippen LogP contribution in [0.5, 0.6) is 5.75 Å². The molecule has 1 aromatic heterocycles. The Hall–Kier alpha value is -1.61. The summed E-state index contributed by atoms with van der Waals surface area (Å²) in [5.74, 6) is 1.67. The molecule has 0 spiro atoms. The molecule has 1 N–H and O–H groups in total. The van der Waals surface area contributed by atoms with Gasteiger partial charge in [0.05, 0.1) is 12.1 Å². The van der Waals surface area contributed by atoms with Crippen LogP contribution in [-0.2, 0) is 0 Å². The molecule has 0 aliphatic heterocycles. The highest BCUT2D eigenvalue weighted by atomic mass is 16.5. The lowest BCUT2D eigenvalue weighted by Crippen LogP contribution is -2.20. The Balaban J connectivity index is 1.66. The molecule has 0 aliphatic carbocycles. The second kappa shape index (κ2) is 8.63. The maximum absolute atomic E-state index is 5.90. The molecular formula is C18H26N2O. The molecule has 0 aliphatic rings. The number of unbranched alkanes of at least 4 members (excludes halogenated alkanes) is 2. The van der Waals surface area contributed by atoms with Crippen LogP contribution in [0.4, 0.5) is 0 Å². The minimum absolute atomic E-state index is 0.730. The van der Waals surface area contributed by atoms with E-state index in [1.807, 2.05) is 30.5 Å². The summed E-state index contributed by atoms with van der Waals surface area (Å²) in [6.45, 7) is 7.47. The van der Waals surface area contributed by atoms with Gasteiger partial charge < -0.3 is 10.1 Å². The molecule has 0 fully saturated rings. The van der Waals surface area contributed by atoms with Gasteiger partial charge in [-0.15, -0.1) is 0 Å². The van der Waals surface area contributed by atoms with E-state index >= 15 is 0 Å². The van der Waals surface area contributed by atoms with Gasteiger partial charge in [0.2, 0.25) is 0 Å². The molecule has 0 amide bonds. The highest BCUT2D eigenvalue weighted by Crippen LogP contribution is 2.23. The molecule has 0 radical (unpaired) electrons. The normalized spacial score (nSPS) is 11.2. The number of hydrogen-bond donors (Lipinski definition) is 1. The van der Waals surface area contributed by atoms with Crippen LogP contribution >= 0.6 is 0 Å². The fourth-order valence-electron chi connectivity index (χ4n) is 2.30. The largest absolute Gasteiger partial charge is 0.493 e. The van der Waals surface area contributed by atoms with E-state index in [9.17, 15) is 0 Å². The first-order chi connectivity index (χ1) is 10.3. The van der Waals surface area contributed by atoms with E-state index in [-0.39, 0.29) is 0 Å². The van der Waals surface area contributed by atoms with Crippen LogP contribution in [-0.4, -0.2) is 24.7 Å². The molecular weight excluding hydrogens is 260 g/mol. The van der Waals surface area contributed by atoms with E-state index in [0.717, 1.165) is 48.7 Å². The molecule has 0 saturated carbocycles. The number of nitrogens with zero attached hydrogens (tertiary/aromatic N) is 1. The molecule has 1 heterocycles. The van der Waals surface area contributed by atoms with Gasteiger partial charge >= 0.3 is 0 Å². The molecule has 2 aromatic rings. The lowest BCUT2D eigenvalue weighted by Gasteiger charge is -2.09. The molecule has 0 bridgehead atoms. The number of ether oxygens (including phenoxy) is 1. The predicted molar refractivity (Wildman–Crippen MR) is 88.8 cm³/mol. The number of pyridine rings is 1. The second-order valence-electron chi connectivity index (χ2n) is 5.83. The Kier molecular flexibility index (Phi) is 6.48. The van der Waals surface area contributed by atoms with Gasteiger partial charge in [-0.05, 0) is 62.5 Å². The lowest BCUT2D eigenvalue weighted by atomic mass is 10.2. The van der Waals surface area contributed by atoms with Crippen molar-refractivity contribution in [1.29, 1.82) is 0 Å². The minimum Gasteiger partial charge on any atom is -0.493 e. The monoisotopic (exact) mass is 286 g/mol. The highest BCUT2D eigenvalue weighted by Gasteiger charge is 2.01. The van der Waals surface area contributed by atoms with E-state index in [0.29, 0.717) is 0 Å². The van der Waals surface area contributed by atoms with E-state index in [2.05, 4.69) is 30.2 Å². The van der Waals surface area contributed by atoms with E-state index in [1.165, 1.54) is 12.8 Å². The molecule has 3 nitrogen and oxygen atoms in total. The van der Waals surface area contributed by atoms with E-state index in [4.69, 9.17) is 4.74 Å². The van der Waals surface area contributed by atoms with Crippen molar-refractivity contribution in [2.75, 3.05) is 19.7 Å². The van der Waals surface area contributed by atoms with Crippen molar-refractivity contribution in [3.63, 3.8) is 0 Å². The average Bonchev–Trinajstić information content (AvgIpc) is 2.50. The van der Waals surface area contributed by atoms with E-state index < -0.39 is 0 Å². The number of aromatic nitrogens is 1. The third-order valence-electron chi connectivity index (χ3n) is 3.41. The molecule has 0 unspecified atom stereocenters. The zero-order valence-electron chi connectivity index (χ0n) is 13.1. The summed E-state index contributed by atoms with van der Waals surface area (Å²) in [7, 11) is 0. The maximum atomic E-state index is 5.90. The number of benzene rings is 1. The standard InChI is InChI=1S/C18H26N2O/c1-15(2)14-19-11-4-3-5-13-21-18-10-6-9-17-16(18)8-7-12-20-17/h6-10,12,15,19H,3-5,11,13-14H2,1-2H3. The van der Waals surface area contributed by atoms with Crippen LogP contribution in [0.15, 0.2) is 36.5 Å². The summed E-state index contributed by atoms with van der Waals surface area (Å²) < 4.78 is 5.90. The summed E-state index contributed by atoms with van der Waals surface area (Å²) in [5.41, 5.74) is 0.993. The van der Waals surface area contributed by atoms with Crippen LogP contribution < -0.4 is 10.1 Å². The lowest BCUT2D eigenvalue weighted by molar-refractivity contribution is 0.308. The van der Waals surface area contributed by atoms with Crippen LogP contribution in [0.25, 0.3) is 10.9 Å². The summed E-state index contributed by atoms with van der Waals surface area (Å²) in [6, 6.07) is 10.1. The average molecular weight is 286 g/mol. The van der Waals surface area contributed by atoms with Crippen molar-refractivity contribution in [2.24, 2.45) is 5.92 Å². The molecule has 2 rings (SSSR count). The second-order valence-corrected chi connectivity index (χ2v) is 5.83. The quantitative estimate of drug-likeness (QED) is 0.707. The van der Waals surface area contributed by atoms with Crippen molar-refractivity contribution in [1.82, 2.24) is 10.3 Å². The van der Waals surface area contributed by atoms with Gasteiger partial charge in [-0.2, -0.15) is 0 Å². The molecule has 1 aromatic carbocycles. The fraction of sp³-hybridized carbons (Fsp3) is 0.500. The van der Waals surface area contributed by atoms with Gasteiger partial charge in [-0.3, -0.25) is 4.98 Å². The predicted octanol–water partition coefficient (Wildman–Crippen LogP) is 4.03. The molecule has 3 heteroatoms. The van der Waals surface area contributed by atoms with Crippen molar-refractivity contribution < 1.29 is 4.74 Å². The topological polar surface area (TPSA) is 34.1 Å². The first-order valence-corrected chi connectivity index (χ1v) is 7.94. The Morgan fingerprint density at radius 2 is 2.00 bits per heavy atom. The number of fused-ring (bicyclic) bond motifs is 1. The summed E-state index contributed by atoms with van der Waals surface area (Å²) in [4.78, 5) is 4.35. The smallest absolute Gasteiger partial charge is 0.128 e. The molecule has 21 heavy (non-hydrogen) atoms. The molecule has 0 atom stereocenters. The third-order valence-corrected chi connectivity index (χ3v) is 3.41. The Labute approximate surface area is 127 Å². The maximum Gasteiger partial charge on any atom is 0.128 e. The van der Waals surface area contributed by atoms with Gasteiger partial charge in [-0.25, -0.2) is 0 Å². The summed E-state index contributed by atoms with van der Waals surface area (Å²) in [6.07, 6.45) is 5.33. The zero-order chi connectivity index (χ0) is 14.9. The SMILES string of the molecule is CC(C)CNCCCCCOc1cccc2ncccc12. The van der Waals surface area contributed by atoms with Gasteiger partial charge in [0, 0.05) is 11.6 Å². The first-order valence-electron chi connectivity index (χ1n) is 7.94. The Morgan fingerprint density at radius 1 is 1.10 bits per heavy atom. The van der Waals surface area contributed by atoms with Crippen molar-refractivity contribution in [2.45, 2.75) is 33.1 Å². The van der Waals surface area contributed by atoms with Crippen LogP contribution in [0.2, 0.25) is 0 Å². The molecule has 0 saturated heterocycles. The van der Waals surface area contributed by atoms with Crippen molar-refractivity contribution >= 4 is 10.9 Å². The molecule has 114 valence electrons. The van der Waals surface area contributed by atoms with Crippen LogP contribution in [0.1, 0.15) is 33.1 Å². The summed E-state index contributed by atoms with van der Waals surface area (Å²) >= 11 is 0. The van der Waals surface area contributed by atoms with Crippen molar-refractivity contribution in [3.05, 3.63) is 36.5 Å². The van der Waals surface area contributed by atoms with E-state index in [1.54, 1.807) is 0 Å². The zero-order valence-corrected chi connectivity index (χ0v) is 13.1.